The summed E-state index contributed by atoms with van der Waals surface area (Å²) in [6.07, 6.45) is 0. The molecule has 0 bridgehead atoms. The number of hydrogen-bond donors (Lipinski definition) is 1. The van der Waals surface area contributed by atoms with Crippen molar-refractivity contribution in [1.29, 1.82) is 0 Å². The van der Waals surface area contributed by atoms with Crippen molar-refractivity contribution in [3.8, 4) is 5.75 Å². The Morgan fingerprint density at radius 3 is 2.56 bits per heavy atom. The molecule has 8 heteroatoms. The third-order valence-corrected chi connectivity index (χ3v) is 2.28. The van der Waals surface area contributed by atoms with Gasteiger partial charge in [-0.3, -0.25) is 9.59 Å². The Labute approximate surface area is 89.4 Å². The van der Waals surface area contributed by atoms with Gasteiger partial charge in [0, 0.05) is 6.07 Å². The summed E-state index contributed by atoms with van der Waals surface area (Å²) in [5.74, 6) is -1.88. The zero-order chi connectivity index (χ0) is 11.9. The average Bonchev–Trinajstić information content (AvgIpc) is 2.40. The fourth-order valence-electron chi connectivity index (χ4n) is 1.29. The predicted octanol–water partition coefficient (Wildman–Crippen LogP) is 0.415. The number of anilines is 1. The zero-order valence-electron chi connectivity index (χ0n) is 7.56. The van der Waals surface area contributed by atoms with E-state index in [1.165, 1.54) is 6.07 Å². The second-order valence-electron chi connectivity index (χ2n) is 2.97. The number of carbonyl (C=O) groups excluding carboxylic acids is 2. The lowest BCUT2D eigenvalue weighted by Crippen LogP contribution is -2.12. The minimum atomic E-state index is -5.12. The number of hydrogen-bond acceptors (Lipinski definition) is 5. The molecule has 1 aromatic rings. The highest BCUT2D eigenvalue weighted by molar-refractivity contribution is 7.81. The summed E-state index contributed by atoms with van der Waals surface area (Å²) >= 11 is 0. The highest BCUT2D eigenvalue weighted by atomic mass is 32.3. The van der Waals surface area contributed by atoms with Crippen LogP contribution < -0.4 is 9.50 Å². The van der Waals surface area contributed by atoms with Crippen LogP contribution in [0.4, 0.5) is 9.57 Å². The zero-order valence-corrected chi connectivity index (χ0v) is 8.38. The van der Waals surface area contributed by atoms with Crippen LogP contribution in [0.15, 0.2) is 18.2 Å². The molecule has 0 radical (unpaired) electrons. The van der Waals surface area contributed by atoms with E-state index in [1.807, 2.05) is 0 Å². The number of Topliss-reactive ketones (excluding diaryl/α,β-unsaturated/α-hetero) is 1. The van der Waals surface area contributed by atoms with Crippen molar-refractivity contribution in [3.63, 3.8) is 0 Å². The van der Waals surface area contributed by atoms with Gasteiger partial charge >= 0.3 is 10.5 Å². The smallest absolute Gasteiger partial charge is 0.358 e. The molecule has 1 heterocycles. The van der Waals surface area contributed by atoms with Crippen LogP contribution in [0.1, 0.15) is 10.4 Å². The van der Waals surface area contributed by atoms with Crippen LogP contribution in [0, 0.1) is 0 Å². The average molecular weight is 245 g/mol. The summed E-state index contributed by atoms with van der Waals surface area (Å²) in [4.78, 5) is 22.1. The SMILES string of the molecule is O=C1Nc2cc(OS(=O)(=O)F)ccc2C1=O. The molecule has 1 aromatic carbocycles. The van der Waals surface area contributed by atoms with Gasteiger partial charge in [-0.25, -0.2) is 0 Å². The van der Waals surface area contributed by atoms with Gasteiger partial charge in [-0.15, -0.1) is 0 Å². The van der Waals surface area contributed by atoms with Crippen molar-refractivity contribution in [1.82, 2.24) is 0 Å². The molecule has 0 unspecified atom stereocenters. The van der Waals surface area contributed by atoms with Crippen LogP contribution in [0.3, 0.4) is 0 Å². The molecule has 1 amide bonds. The van der Waals surface area contributed by atoms with Crippen LogP contribution in [-0.4, -0.2) is 20.1 Å². The fourth-order valence-corrected chi connectivity index (χ4v) is 1.63. The van der Waals surface area contributed by atoms with Crippen molar-refractivity contribution in [2.75, 3.05) is 5.32 Å². The normalized spacial score (nSPS) is 14.6. The van der Waals surface area contributed by atoms with E-state index in [1.54, 1.807) is 0 Å². The molecule has 84 valence electrons. The summed E-state index contributed by atoms with van der Waals surface area (Å²) < 4.78 is 36.5. The Hall–Kier alpha value is -1.96. The van der Waals surface area contributed by atoms with E-state index in [-0.39, 0.29) is 17.0 Å². The fraction of sp³-hybridized carbons (Fsp3) is 0. The molecular weight excluding hydrogens is 241 g/mol. The summed E-state index contributed by atoms with van der Waals surface area (Å²) in [6, 6.07) is 3.31. The van der Waals surface area contributed by atoms with Crippen molar-refractivity contribution in [2.45, 2.75) is 0 Å². The van der Waals surface area contributed by atoms with Gasteiger partial charge in [0.05, 0.1) is 11.3 Å². The summed E-state index contributed by atoms with van der Waals surface area (Å²) in [6.45, 7) is 0. The topological polar surface area (TPSA) is 89.5 Å². The van der Waals surface area contributed by atoms with Crippen molar-refractivity contribution >= 4 is 27.9 Å². The number of carbonyl (C=O) groups is 2. The van der Waals surface area contributed by atoms with Crippen molar-refractivity contribution in [2.24, 2.45) is 0 Å². The molecule has 6 nitrogen and oxygen atoms in total. The minimum absolute atomic E-state index is 0.0913. The van der Waals surface area contributed by atoms with E-state index in [0.29, 0.717) is 0 Å². The monoisotopic (exact) mass is 245 g/mol. The van der Waals surface area contributed by atoms with Gasteiger partial charge in [0.1, 0.15) is 5.75 Å². The Balaban J connectivity index is 2.40. The maximum absolute atomic E-state index is 12.2. The largest absolute Gasteiger partial charge is 0.488 e. The van der Waals surface area contributed by atoms with E-state index >= 15 is 0 Å². The first-order chi connectivity index (χ1) is 7.37. The molecular formula is C8H4FNO5S. The van der Waals surface area contributed by atoms with Crippen molar-refractivity contribution in [3.05, 3.63) is 23.8 Å². The van der Waals surface area contributed by atoms with Crippen LogP contribution in [0.25, 0.3) is 0 Å². The number of rotatable bonds is 2. The molecule has 1 N–H and O–H groups in total. The Morgan fingerprint density at radius 1 is 1.25 bits per heavy atom. The quantitative estimate of drug-likeness (QED) is 0.602. The van der Waals surface area contributed by atoms with Crippen LogP contribution in [-0.2, 0) is 15.3 Å². The molecule has 1 aliphatic heterocycles. The van der Waals surface area contributed by atoms with Gasteiger partial charge < -0.3 is 9.50 Å². The lowest BCUT2D eigenvalue weighted by molar-refractivity contribution is -0.112. The van der Waals surface area contributed by atoms with E-state index in [2.05, 4.69) is 9.50 Å². The van der Waals surface area contributed by atoms with Gasteiger partial charge in [0.25, 0.3) is 11.7 Å². The molecule has 0 saturated carbocycles. The number of benzene rings is 1. The Kier molecular flexibility index (Phi) is 2.16. The Morgan fingerprint density at radius 2 is 1.94 bits per heavy atom. The first kappa shape index (κ1) is 10.6. The summed E-state index contributed by atoms with van der Waals surface area (Å²) in [5.41, 5.74) is 0.185. The maximum Gasteiger partial charge on any atom is 0.488 e. The van der Waals surface area contributed by atoms with Gasteiger partial charge in [-0.2, -0.15) is 8.42 Å². The number of ketones is 1. The van der Waals surface area contributed by atoms with Crippen LogP contribution in [0.5, 0.6) is 5.75 Å². The molecule has 0 spiro atoms. The van der Waals surface area contributed by atoms with Gasteiger partial charge in [0.15, 0.2) is 0 Å². The summed E-state index contributed by atoms with van der Waals surface area (Å²) in [5, 5.41) is 2.19. The lowest BCUT2D eigenvalue weighted by atomic mass is 10.1. The molecule has 16 heavy (non-hydrogen) atoms. The van der Waals surface area contributed by atoms with Gasteiger partial charge in [0.2, 0.25) is 0 Å². The minimum Gasteiger partial charge on any atom is -0.358 e. The van der Waals surface area contributed by atoms with E-state index < -0.39 is 22.2 Å². The number of fused-ring (bicyclic) bond motifs is 1. The maximum atomic E-state index is 12.2. The second-order valence-corrected chi connectivity index (χ2v) is 3.92. The van der Waals surface area contributed by atoms with E-state index in [0.717, 1.165) is 12.1 Å². The van der Waals surface area contributed by atoms with Crippen LogP contribution in [0.2, 0.25) is 0 Å². The molecule has 1 aliphatic rings. The highest BCUT2D eigenvalue weighted by Gasteiger charge is 2.28. The highest BCUT2D eigenvalue weighted by Crippen LogP contribution is 2.28. The first-order valence-corrected chi connectivity index (χ1v) is 5.31. The molecule has 0 aliphatic carbocycles. The molecule has 2 rings (SSSR count). The van der Waals surface area contributed by atoms with Gasteiger partial charge in [-0.05, 0) is 12.1 Å². The van der Waals surface area contributed by atoms with Gasteiger partial charge in [-0.1, -0.05) is 3.89 Å². The van der Waals surface area contributed by atoms with E-state index in [4.69, 9.17) is 0 Å². The molecule has 0 saturated heterocycles. The number of amides is 1. The second kappa shape index (κ2) is 3.27. The van der Waals surface area contributed by atoms with Crippen molar-refractivity contribution < 1.29 is 26.1 Å². The Bertz CT molecular complexity index is 594. The number of nitrogens with one attached hydrogen (secondary N) is 1. The third-order valence-electron chi connectivity index (χ3n) is 1.89. The molecule has 0 aromatic heterocycles. The first-order valence-electron chi connectivity index (χ1n) is 4.00. The van der Waals surface area contributed by atoms with E-state index in [9.17, 15) is 21.9 Å². The van der Waals surface area contributed by atoms with Crippen LogP contribution >= 0.6 is 0 Å². The molecule has 0 atom stereocenters. The molecule has 0 fully saturated rings. The third kappa shape index (κ3) is 1.87. The summed E-state index contributed by atoms with van der Waals surface area (Å²) in [7, 11) is -5.12. The standard InChI is InChI=1S/C8H4FNO5S/c9-16(13,14)15-4-1-2-5-6(3-4)10-8(12)7(5)11/h1-3H,(H,10,11,12). The lowest BCUT2D eigenvalue weighted by Gasteiger charge is -2.01. The predicted molar refractivity (Wildman–Crippen MR) is 50.1 cm³/mol. The number of halogens is 1.